The van der Waals surface area contributed by atoms with Crippen LogP contribution in [0.1, 0.15) is 31.7 Å². The van der Waals surface area contributed by atoms with Gasteiger partial charge >= 0.3 is 0 Å². The zero-order valence-corrected chi connectivity index (χ0v) is 18.3. The summed E-state index contributed by atoms with van der Waals surface area (Å²) in [7, 11) is 0. The molecule has 1 heterocycles. The molecule has 4 heteroatoms. The minimum absolute atomic E-state index is 0.0735. The molecule has 0 unspecified atom stereocenters. The molecule has 4 rings (SSSR count). The lowest BCUT2D eigenvalue weighted by Crippen LogP contribution is -2.51. The van der Waals surface area contributed by atoms with Crippen LogP contribution in [-0.4, -0.2) is 36.3 Å². The fourth-order valence-corrected chi connectivity index (χ4v) is 4.77. The topological polar surface area (TPSA) is 49.4 Å². The predicted molar refractivity (Wildman–Crippen MR) is 124 cm³/mol. The van der Waals surface area contributed by atoms with Crippen molar-refractivity contribution in [3.63, 3.8) is 0 Å². The van der Waals surface area contributed by atoms with E-state index in [0.717, 1.165) is 17.5 Å². The van der Waals surface area contributed by atoms with Crippen LogP contribution in [0.2, 0.25) is 0 Å². The van der Waals surface area contributed by atoms with Crippen LogP contribution < -0.4 is 5.32 Å². The van der Waals surface area contributed by atoms with Crippen LogP contribution in [0.5, 0.6) is 0 Å². The number of carbonyl (C=O) groups is 2. The van der Waals surface area contributed by atoms with Crippen molar-refractivity contribution in [2.45, 2.75) is 32.6 Å². The van der Waals surface area contributed by atoms with E-state index in [4.69, 9.17) is 0 Å². The van der Waals surface area contributed by atoms with Gasteiger partial charge in [-0.25, -0.2) is 0 Å². The van der Waals surface area contributed by atoms with E-state index in [1.807, 2.05) is 23.1 Å². The summed E-state index contributed by atoms with van der Waals surface area (Å²) >= 11 is 0. The van der Waals surface area contributed by atoms with E-state index >= 15 is 0 Å². The second-order valence-corrected chi connectivity index (χ2v) is 9.17. The van der Waals surface area contributed by atoms with E-state index in [2.05, 4.69) is 55.2 Å². The number of rotatable bonds is 7. The lowest BCUT2D eigenvalue weighted by atomic mass is 9.72. The van der Waals surface area contributed by atoms with Crippen molar-refractivity contribution in [1.29, 1.82) is 0 Å². The number of benzene rings is 2. The van der Waals surface area contributed by atoms with E-state index in [-0.39, 0.29) is 17.7 Å². The monoisotopic (exact) mass is 416 g/mol. The van der Waals surface area contributed by atoms with E-state index in [1.165, 1.54) is 5.56 Å². The number of carbonyl (C=O) groups excluding carboxylic acids is 2. The van der Waals surface area contributed by atoms with E-state index in [1.54, 1.807) is 6.08 Å². The molecule has 1 saturated carbocycles. The molecule has 1 aliphatic carbocycles. The summed E-state index contributed by atoms with van der Waals surface area (Å²) in [6.45, 7) is 7.64. The first-order chi connectivity index (χ1) is 15.0. The molecule has 2 aromatic rings. The van der Waals surface area contributed by atoms with Crippen LogP contribution in [0.25, 0.3) is 11.1 Å². The third kappa shape index (κ3) is 4.73. The van der Waals surface area contributed by atoms with Gasteiger partial charge in [0.25, 0.3) is 0 Å². The highest BCUT2D eigenvalue weighted by Gasteiger charge is 2.46. The quantitative estimate of drug-likeness (QED) is 0.678. The normalized spacial score (nSPS) is 21.9. The fourth-order valence-electron chi connectivity index (χ4n) is 4.77. The molecule has 2 atom stereocenters. The Morgan fingerprint density at radius 2 is 1.77 bits per heavy atom. The van der Waals surface area contributed by atoms with E-state index < -0.39 is 5.41 Å². The molecule has 162 valence electrons. The van der Waals surface area contributed by atoms with Crippen LogP contribution in [0.15, 0.2) is 67.3 Å². The molecule has 0 bridgehead atoms. The van der Waals surface area contributed by atoms with Crippen molar-refractivity contribution in [1.82, 2.24) is 10.2 Å². The Balaban J connectivity index is 1.53. The molecule has 0 radical (unpaired) electrons. The largest absolute Gasteiger partial charge is 0.352 e. The molecule has 0 aromatic heterocycles. The third-order valence-corrected chi connectivity index (χ3v) is 6.92. The van der Waals surface area contributed by atoms with Gasteiger partial charge in [-0.3, -0.25) is 9.59 Å². The molecule has 2 fully saturated rings. The van der Waals surface area contributed by atoms with Gasteiger partial charge in [0, 0.05) is 25.6 Å². The first-order valence-electron chi connectivity index (χ1n) is 11.3. The smallest absolute Gasteiger partial charge is 0.226 e. The molecule has 1 aliphatic heterocycles. The zero-order valence-electron chi connectivity index (χ0n) is 18.3. The van der Waals surface area contributed by atoms with Crippen LogP contribution in [0, 0.1) is 17.3 Å². The Morgan fingerprint density at radius 1 is 1.10 bits per heavy atom. The van der Waals surface area contributed by atoms with Gasteiger partial charge in [0.15, 0.2) is 0 Å². The standard InChI is InChI=1S/C27H32N2O2/c1-3-14-28-26(31)27(12-15-29(16-13-27)25(30)24-17-20(24)2)19-21-8-7-11-23(18-21)22-9-5-4-6-10-22/h3-11,18,20,24H,1,12-17,19H2,2H3,(H,28,31)/t20-,24+/m1/s1. The lowest BCUT2D eigenvalue weighted by Gasteiger charge is -2.41. The molecule has 2 amide bonds. The van der Waals surface area contributed by atoms with Crippen LogP contribution in [0.3, 0.4) is 0 Å². The zero-order chi connectivity index (χ0) is 21.8. The first-order valence-corrected chi connectivity index (χ1v) is 11.3. The maximum atomic E-state index is 13.3. The highest BCUT2D eigenvalue weighted by molar-refractivity contribution is 5.85. The lowest BCUT2D eigenvalue weighted by molar-refractivity contribution is -0.141. The van der Waals surface area contributed by atoms with E-state index in [0.29, 0.717) is 44.8 Å². The molecular formula is C27H32N2O2. The number of nitrogens with one attached hydrogen (secondary N) is 1. The molecule has 1 N–H and O–H groups in total. The van der Waals surface area contributed by atoms with Crippen molar-refractivity contribution in [3.8, 4) is 11.1 Å². The minimum atomic E-state index is -0.496. The number of nitrogens with zero attached hydrogens (tertiary/aromatic N) is 1. The van der Waals surface area contributed by atoms with Crippen molar-refractivity contribution in [3.05, 3.63) is 72.8 Å². The van der Waals surface area contributed by atoms with Gasteiger partial charge in [-0.1, -0.05) is 67.6 Å². The second-order valence-electron chi connectivity index (χ2n) is 9.17. The highest BCUT2D eigenvalue weighted by atomic mass is 16.2. The van der Waals surface area contributed by atoms with Gasteiger partial charge < -0.3 is 10.2 Å². The number of hydrogen-bond donors (Lipinski definition) is 1. The van der Waals surface area contributed by atoms with E-state index in [9.17, 15) is 9.59 Å². The summed E-state index contributed by atoms with van der Waals surface area (Å²) in [5, 5.41) is 3.04. The van der Waals surface area contributed by atoms with Crippen molar-refractivity contribution >= 4 is 11.8 Å². The average molecular weight is 417 g/mol. The number of piperidine rings is 1. The Labute approximate surface area is 185 Å². The molecule has 1 saturated heterocycles. The van der Waals surface area contributed by atoms with Gasteiger partial charge in [0.2, 0.25) is 11.8 Å². The highest BCUT2D eigenvalue weighted by Crippen LogP contribution is 2.42. The number of amides is 2. The average Bonchev–Trinajstić information content (AvgIpc) is 3.54. The van der Waals surface area contributed by atoms with Crippen molar-refractivity contribution in [2.75, 3.05) is 19.6 Å². The summed E-state index contributed by atoms with van der Waals surface area (Å²) in [6.07, 6.45) is 4.79. The van der Waals surface area contributed by atoms with Gasteiger partial charge in [-0.2, -0.15) is 0 Å². The fraction of sp³-hybridized carbons (Fsp3) is 0.407. The second kappa shape index (κ2) is 9.09. The van der Waals surface area contributed by atoms with Crippen LogP contribution in [-0.2, 0) is 16.0 Å². The van der Waals surface area contributed by atoms with Gasteiger partial charge in [-0.15, -0.1) is 6.58 Å². The Bertz CT molecular complexity index is 945. The molecule has 2 aliphatic rings. The molecule has 31 heavy (non-hydrogen) atoms. The summed E-state index contributed by atoms with van der Waals surface area (Å²) in [4.78, 5) is 27.9. The summed E-state index contributed by atoms with van der Waals surface area (Å²) in [5.41, 5.74) is 3.00. The Kier molecular flexibility index (Phi) is 6.26. The van der Waals surface area contributed by atoms with Crippen molar-refractivity contribution < 1.29 is 9.59 Å². The summed E-state index contributed by atoms with van der Waals surface area (Å²) in [5.74, 6) is 1.06. The molecular weight excluding hydrogens is 384 g/mol. The maximum absolute atomic E-state index is 13.3. The molecule has 0 spiro atoms. The first kappa shape index (κ1) is 21.4. The predicted octanol–water partition coefficient (Wildman–Crippen LogP) is 4.46. The molecule has 2 aromatic carbocycles. The van der Waals surface area contributed by atoms with Crippen LogP contribution in [0.4, 0.5) is 0 Å². The van der Waals surface area contributed by atoms with Gasteiger partial charge in [0.1, 0.15) is 0 Å². The maximum Gasteiger partial charge on any atom is 0.226 e. The molecule has 4 nitrogen and oxygen atoms in total. The van der Waals surface area contributed by atoms with Gasteiger partial charge in [0.05, 0.1) is 5.41 Å². The van der Waals surface area contributed by atoms with Crippen molar-refractivity contribution in [2.24, 2.45) is 17.3 Å². The number of likely N-dealkylation sites (tertiary alicyclic amines) is 1. The SMILES string of the molecule is C=CCNC(=O)C1(Cc2cccc(-c3ccccc3)c2)CCN(C(=O)[C@H]2C[C@H]2C)CC1. The third-order valence-electron chi connectivity index (χ3n) is 6.92. The summed E-state index contributed by atoms with van der Waals surface area (Å²) in [6, 6.07) is 18.8. The van der Waals surface area contributed by atoms with Crippen LogP contribution >= 0.6 is 0 Å². The van der Waals surface area contributed by atoms with Gasteiger partial charge in [-0.05, 0) is 48.3 Å². The number of hydrogen-bond acceptors (Lipinski definition) is 2. The Hall–Kier alpha value is -2.88. The minimum Gasteiger partial charge on any atom is -0.352 e. The summed E-state index contributed by atoms with van der Waals surface area (Å²) < 4.78 is 0. The Morgan fingerprint density at radius 3 is 2.42 bits per heavy atom.